The van der Waals surface area contributed by atoms with Crippen LogP contribution in [-0.4, -0.2) is 20.1 Å². The molecular weight excluding hydrogens is 220 g/mol. The minimum Gasteiger partial charge on any atom is -0.374 e. The van der Waals surface area contributed by atoms with Gasteiger partial charge < -0.3 is 10.2 Å². The van der Waals surface area contributed by atoms with Gasteiger partial charge in [-0.05, 0) is 36.1 Å². The Morgan fingerprint density at radius 2 is 2.06 bits per heavy atom. The van der Waals surface area contributed by atoms with Crippen molar-refractivity contribution in [1.82, 2.24) is 5.32 Å². The number of fused-ring (bicyclic) bond motifs is 1. The van der Waals surface area contributed by atoms with Crippen LogP contribution in [0.4, 0.5) is 5.69 Å². The molecule has 0 saturated heterocycles. The minimum atomic E-state index is 0.825. The second-order valence-corrected chi connectivity index (χ2v) is 5.45. The molecule has 0 saturated carbocycles. The lowest BCUT2D eigenvalue weighted by Gasteiger charge is -2.14. The van der Waals surface area contributed by atoms with E-state index >= 15 is 0 Å². The third-order valence-electron chi connectivity index (χ3n) is 4.19. The van der Waals surface area contributed by atoms with Crippen molar-refractivity contribution in [1.29, 1.82) is 0 Å². The average molecular weight is 246 g/mol. The standard InChI is InChI=1S/C16H26N2/c1-4-13(5-2)11-17-12-14-6-7-16-15(10-14)8-9-18(16)3/h6-7,10,13,17H,4-5,8-9,11-12H2,1-3H3. The van der Waals surface area contributed by atoms with Crippen LogP contribution in [0, 0.1) is 5.92 Å². The van der Waals surface area contributed by atoms with Gasteiger partial charge in [0.2, 0.25) is 0 Å². The van der Waals surface area contributed by atoms with Crippen LogP contribution in [0.25, 0.3) is 0 Å². The lowest BCUT2D eigenvalue weighted by Crippen LogP contribution is -2.21. The van der Waals surface area contributed by atoms with Crippen molar-refractivity contribution in [2.24, 2.45) is 5.92 Å². The van der Waals surface area contributed by atoms with E-state index < -0.39 is 0 Å². The fourth-order valence-corrected chi connectivity index (χ4v) is 2.73. The van der Waals surface area contributed by atoms with Crippen molar-refractivity contribution in [3.05, 3.63) is 29.3 Å². The van der Waals surface area contributed by atoms with Gasteiger partial charge in [-0.15, -0.1) is 0 Å². The summed E-state index contributed by atoms with van der Waals surface area (Å²) in [7, 11) is 2.18. The highest BCUT2D eigenvalue weighted by molar-refractivity contribution is 5.58. The van der Waals surface area contributed by atoms with Gasteiger partial charge in [0.25, 0.3) is 0 Å². The predicted molar refractivity (Wildman–Crippen MR) is 79.2 cm³/mol. The Hall–Kier alpha value is -1.02. The molecule has 1 heterocycles. The summed E-state index contributed by atoms with van der Waals surface area (Å²) in [5.41, 5.74) is 4.35. The molecule has 18 heavy (non-hydrogen) atoms. The highest BCUT2D eigenvalue weighted by atomic mass is 15.1. The Kier molecular flexibility index (Phi) is 4.65. The maximum absolute atomic E-state index is 3.59. The van der Waals surface area contributed by atoms with Crippen molar-refractivity contribution < 1.29 is 0 Å². The van der Waals surface area contributed by atoms with Gasteiger partial charge in [0, 0.05) is 25.8 Å². The Bertz CT molecular complexity index is 383. The first-order valence-corrected chi connectivity index (χ1v) is 7.28. The smallest absolute Gasteiger partial charge is 0.0397 e. The Morgan fingerprint density at radius 1 is 1.28 bits per heavy atom. The molecule has 2 rings (SSSR count). The second kappa shape index (κ2) is 6.24. The van der Waals surface area contributed by atoms with E-state index in [-0.39, 0.29) is 0 Å². The van der Waals surface area contributed by atoms with Crippen molar-refractivity contribution in [2.45, 2.75) is 39.7 Å². The molecule has 1 aromatic rings. The van der Waals surface area contributed by atoms with Crippen LogP contribution in [-0.2, 0) is 13.0 Å². The Morgan fingerprint density at radius 3 is 2.78 bits per heavy atom. The molecule has 0 amide bonds. The molecule has 0 fully saturated rings. The number of nitrogens with zero attached hydrogens (tertiary/aromatic N) is 1. The summed E-state index contributed by atoms with van der Waals surface area (Å²) in [4.78, 5) is 2.34. The van der Waals surface area contributed by atoms with Crippen LogP contribution in [0.3, 0.4) is 0 Å². The van der Waals surface area contributed by atoms with Gasteiger partial charge >= 0.3 is 0 Å². The van der Waals surface area contributed by atoms with Gasteiger partial charge in [-0.1, -0.05) is 38.8 Å². The summed E-state index contributed by atoms with van der Waals surface area (Å²) in [6, 6.07) is 6.91. The third kappa shape index (κ3) is 3.05. The summed E-state index contributed by atoms with van der Waals surface area (Å²) >= 11 is 0. The zero-order valence-corrected chi connectivity index (χ0v) is 12.0. The zero-order chi connectivity index (χ0) is 13.0. The third-order valence-corrected chi connectivity index (χ3v) is 4.19. The summed E-state index contributed by atoms with van der Waals surface area (Å²) < 4.78 is 0. The van der Waals surface area contributed by atoms with E-state index in [1.54, 1.807) is 0 Å². The van der Waals surface area contributed by atoms with Gasteiger partial charge in [-0.2, -0.15) is 0 Å². The lowest BCUT2D eigenvalue weighted by molar-refractivity contribution is 0.449. The maximum atomic E-state index is 3.59. The molecule has 0 bridgehead atoms. The first-order valence-electron chi connectivity index (χ1n) is 7.28. The van der Waals surface area contributed by atoms with Crippen LogP contribution in [0.5, 0.6) is 0 Å². The van der Waals surface area contributed by atoms with E-state index in [1.165, 1.54) is 42.6 Å². The molecule has 0 unspecified atom stereocenters. The molecule has 100 valence electrons. The van der Waals surface area contributed by atoms with Gasteiger partial charge in [0.15, 0.2) is 0 Å². The molecule has 1 aliphatic heterocycles. The van der Waals surface area contributed by atoms with E-state index in [0.717, 1.165) is 19.0 Å². The van der Waals surface area contributed by atoms with E-state index in [2.05, 4.69) is 49.3 Å². The lowest BCUT2D eigenvalue weighted by atomic mass is 10.0. The molecule has 1 aromatic carbocycles. The number of anilines is 1. The number of nitrogens with one attached hydrogen (secondary N) is 1. The molecule has 0 aromatic heterocycles. The predicted octanol–water partition coefficient (Wildman–Crippen LogP) is 3.20. The molecule has 0 radical (unpaired) electrons. The SMILES string of the molecule is CCC(CC)CNCc1ccc2c(c1)CCN2C. The van der Waals surface area contributed by atoms with E-state index in [1.807, 2.05) is 0 Å². The monoisotopic (exact) mass is 246 g/mol. The number of benzene rings is 1. The van der Waals surface area contributed by atoms with Crippen molar-refractivity contribution >= 4 is 5.69 Å². The van der Waals surface area contributed by atoms with Crippen molar-refractivity contribution in [3.8, 4) is 0 Å². The van der Waals surface area contributed by atoms with Gasteiger partial charge in [0.1, 0.15) is 0 Å². The molecule has 2 heteroatoms. The number of hydrogen-bond donors (Lipinski definition) is 1. The first kappa shape index (κ1) is 13.4. The summed E-state index contributed by atoms with van der Waals surface area (Å²) in [5, 5.41) is 3.59. The topological polar surface area (TPSA) is 15.3 Å². The van der Waals surface area contributed by atoms with Crippen LogP contribution < -0.4 is 10.2 Å². The van der Waals surface area contributed by atoms with Crippen LogP contribution in [0.2, 0.25) is 0 Å². The van der Waals surface area contributed by atoms with Crippen LogP contribution in [0.15, 0.2) is 18.2 Å². The molecule has 1 aliphatic rings. The van der Waals surface area contributed by atoms with E-state index in [0.29, 0.717) is 0 Å². The summed E-state index contributed by atoms with van der Waals surface area (Å²) in [5.74, 6) is 0.825. The summed E-state index contributed by atoms with van der Waals surface area (Å²) in [6.45, 7) is 7.87. The van der Waals surface area contributed by atoms with Crippen LogP contribution in [0.1, 0.15) is 37.8 Å². The van der Waals surface area contributed by atoms with Crippen molar-refractivity contribution in [3.63, 3.8) is 0 Å². The average Bonchev–Trinajstić information content (AvgIpc) is 2.76. The Labute approximate surface area is 111 Å². The van der Waals surface area contributed by atoms with Crippen LogP contribution >= 0.6 is 0 Å². The number of rotatable bonds is 6. The molecule has 1 N–H and O–H groups in total. The highest BCUT2D eigenvalue weighted by Crippen LogP contribution is 2.27. The molecule has 2 nitrogen and oxygen atoms in total. The summed E-state index contributed by atoms with van der Waals surface area (Å²) in [6.07, 6.45) is 3.75. The minimum absolute atomic E-state index is 0.825. The fourth-order valence-electron chi connectivity index (χ4n) is 2.73. The molecule has 0 aliphatic carbocycles. The zero-order valence-electron chi connectivity index (χ0n) is 12.0. The largest absolute Gasteiger partial charge is 0.374 e. The fraction of sp³-hybridized carbons (Fsp3) is 0.625. The molecule has 0 atom stereocenters. The maximum Gasteiger partial charge on any atom is 0.0397 e. The quantitative estimate of drug-likeness (QED) is 0.829. The van der Waals surface area contributed by atoms with Gasteiger partial charge in [-0.25, -0.2) is 0 Å². The van der Waals surface area contributed by atoms with E-state index in [4.69, 9.17) is 0 Å². The van der Waals surface area contributed by atoms with Gasteiger partial charge in [0.05, 0.1) is 0 Å². The highest BCUT2D eigenvalue weighted by Gasteiger charge is 2.15. The second-order valence-electron chi connectivity index (χ2n) is 5.45. The normalized spacial score (nSPS) is 14.3. The number of likely N-dealkylation sites (N-methyl/N-ethyl adjacent to an activating group) is 1. The van der Waals surface area contributed by atoms with Crippen molar-refractivity contribution in [2.75, 3.05) is 25.0 Å². The molecular formula is C16H26N2. The van der Waals surface area contributed by atoms with Gasteiger partial charge in [-0.3, -0.25) is 0 Å². The Balaban J connectivity index is 1.87. The first-order chi connectivity index (χ1) is 8.74. The molecule has 0 spiro atoms. The van der Waals surface area contributed by atoms with E-state index in [9.17, 15) is 0 Å². The number of hydrogen-bond acceptors (Lipinski definition) is 2.